The topological polar surface area (TPSA) is 21.7 Å². The maximum atomic E-state index is 6.83. The second-order valence-electron chi connectivity index (χ2n) is 11.9. The summed E-state index contributed by atoms with van der Waals surface area (Å²) >= 11 is 0. The Hall–Kier alpha value is -3.29. The van der Waals surface area contributed by atoms with Crippen molar-refractivity contribution in [2.75, 3.05) is 19.0 Å². The van der Waals surface area contributed by atoms with E-state index in [2.05, 4.69) is 127 Å². The molecule has 0 N–H and O–H groups in total. The molecule has 4 aromatic carbocycles. The lowest BCUT2D eigenvalue weighted by Gasteiger charge is -2.29. The third-order valence-corrected chi connectivity index (χ3v) is 7.99. The van der Waals surface area contributed by atoms with E-state index in [1.807, 2.05) is 30.3 Å². The Morgan fingerprint density at radius 1 is 0.579 bits per heavy atom. The van der Waals surface area contributed by atoms with Crippen LogP contribution >= 0.6 is 8.38 Å². The van der Waals surface area contributed by atoms with Gasteiger partial charge in [-0.2, -0.15) is 0 Å². The molecule has 1 unspecified atom stereocenters. The lowest BCUT2D eigenvalue weighted by Crippen LogP contribution is -2.18. The number of para-hydroxylation sites is 2. The van der Waals surface area contributed by atoms with Crippen molar-refractivity contribution in [3.63, 3.8) is 0 Å². The Morgan fingerprint density at radius 3 is 1.79 bits per heavy atom. The van der Waals surface area contributed by atoms with Crippen LogP contribution in [0.5, 0.6) is 11.5 Å². The molecule has 0 aliphatic rings. The molecule has 0 saturated carbocycles. The monoisotopic (exact) mass is 525 g/mol. The van der Waals surface area contributed by atoms with Gasteiger partial charge in [-0.05, 0) is 46.7 Å². The van der Waals surface area contributed by atoms with Crippen molar-refractivity contribution < 1.29 is 9.05 Å². The zero-order chi connectivity index (χ0) is 27.5. The summed E-state index contributed by atoms with van der Waals surface area (Å²) in [6.07, 6.45) is 0. The Kier molecular flexibility index (Phi) is 8.19. The second-order valence-corrected chi connectivity index (χ2v) is 13.3. The molecule has 0 fully saturated rings. The van der Waals surface area contributed by atoms with Gasteiger partial charge in [0, 0.05) is 36.5 Å². The minimum atomic E-state index is -1.45. The third kappa shape index (κ3) is 6.40. The lowest BCUT2D eigenvalue weighted by molar-refractivity contribution is 0.480. The molecule has 38 heavy (non-hydrogen) atoms. The maximum absolute atomic E-state index is 6.83. The molecule has 0 aliphatic heterocycles. The summed E-state index contributed by atoms with van der Waals surface area (Å²) in [6, 6.07) is 33.5. The minimum absolute atomic E-state index is 0.0535. The van der Waals surface area contributed by atoms with Gasteiger partial charge in [-0.15, -0.1) is 0 Å². The first-order chi connectivity index (χ1) is 17.9. The van der Waals surface area contributed by atoms with Crippen LogP contribution in [-0.2, 0) is 10.8 Å². The van der Waals surface area contributed by atoms with Gasteiger partial charge < -0.3 is 13.9 Å². The summed E-state index contributed by atoms with van der Waals surface area (Å²) in [5.74, 6) is 1.67. The van der Waals surface area contributed by atoms with Gasteiger partial charge in [0.25, 0.3) is 0 Å². The van der Waals surface area contributed by atoms with Crippen molar-refractivity contribution in [2.24, 2.45) is 0 Å². The van der Waals surface area contributed by atoms with E-state index in [9.17, 15) is 0 Å². The van der Waals surface area contributed by atoms with Gasteiger partial charge in [0.15, 0.2) is 0 Å². The molecular weight excluding hydrogens is 485 g/mol. The van der Waals surface area contributed by atoms with E-state index in [0.717, 1.165) is 33.6 Å². The molecule has 3 nitrogen and oxygen atoms in total. The maximum Gasteiger partial charge on any atom is 0.326 e. The summed E-state index contributed by atoms with van der Waals surface area (Å²) in [4.78, 5) is 2.13. The highest BCUT2D eigenvalue weighted by Gasteiger charge is 2.27. The fourth-order valence-electron chi connectivity index (χ4n) is 4.37. The van der Waals surface area contributed by atoms with Gasteiger partial charge in [0.1, 0.15) is 11.5 Å². The van der Waals surface area contributed by atoms with Crippen LogP contribution in [0.1, 0.15) is 52.7 Å². The molecule has 4 heteroatoms. The Morgan fingerprint density at radius 2 is 1.16 bits per heavy atom. The van der Waals surface area contributed by atoms with Crippen molar-refractivity contribution in [1.82, 2.24) is 0 Å². The zero-order valence-electron chi connectivity index (χ0n) is 23.9. The van der Waals surface area contributed by atoms with Gasteiger partial charge >= 0.3 is 8.38 Å². The van der Waals surface area contributed by atoms with Gasteiger partial charge in [-0.1, -0.05) is 108 Å². The van der Waals surface area contributed by atoms with Crippen LogP contribution in [0.4, 0.5) is 5.69 Å². The number of nitrogens with zero attached hydrogens (tertiary/aromatic N) is 1. The summed E-state index contributed by atoms with van der Waals surface area (Å²) in [5, 5.41) is 1.03. The van der Waals surface area contributed by atoms with Crippen LogP contribution in [0, 0.1) is 0 Å². The van der Waals surface area contributed by atoms with E-state index in [0.29, 0.717) is 0 Å². The molecular formula is C34H40NO2P. The minimum Gasteiger partial charge on any atom is -0.435 e. The normalized spacial score (nSPS) is 12.6. The van der Waals surface area contributed by atoms with Gasteiger partial charge in [-0.3, -0.25) is 0 Å². The van der Waals surface area contributed by atoms with Crippen LogP contribution in [0.25, 0.3) is 11.1 Å². The molecule has 0 spiro atoms. The molecule has 0 saturated heterocycles. The zero-order valence-corrected chi connectivity index (χ0v) is 24.8. The van der Waals surface area contributed by atoms with E-state index in [1.165, 1.54) is 11.1 Å². The van der Waals surface area contributed by atoms with Gasteiger partial charge in [-0.25, -0.2) is 0 Å². The molecule has 0 aromatic heterocycles. The standard InChI is InChI=1S/C34H40NO2P/c1-33(2,3)25-22-23-32(29(24-25)34(4,5)6)37-38(26-16-10-9-11-17-26)36-31-21-15-13-19-28(31)27-18-12-14-20-30(27)35(7)8/h9-24H,1-8H3. The molecule has 0 bridgehead atoms. The lowest BCUT2D eigenvalue weighted by atomic mass is 9.80. The average Bonchev–Trinajstić information content (AvgIpc) is 2.88. The first-order valence-electron chi connectivity index (χ1n) is 13.2. The Bertz CT molecular complexity index is 1370. The van der Waals surface area contributed by atoms with Crippen LogP contribution in [-0.4, -0.2) is 14.1 Å². The van der Waals surface area contributed by atoms with Crippen molar-refractivity contribution in [3.05, 3.63) is 108 Å². The van der Waals surface area contributed by atoms with Crippen LogP contribution in [0.15, 0.2) is 97.1 Å². The molecule has 0 aliphatic carbocycles. The molecule has 4 rings (SSSR count). The highest BCUT2D eigenvalue weighted by atomic mass is 31.2. The smallest absolute Gasteiger partial charge is 0.326 e. The number of rotatable bonds is 7. The highest BCUT2D eigenvalue weighted by Crippen LogP contribution is 2.47. The fraction of sp³-hybridized carbons (Fsp3) is 0.294. The molecule has 1 atom stereocenters. The summed E-state index contributed by atoms with van der Waals surface area (Å²) in [7, 11) is 2.68. The van der Waals surface area contributed by atoms with E-state index in [4.69, 9.17) is 9.05 Å². The van der Waals surface area contributed by atoms with Crippen molar-refractivity contribution in [3.8, 4) is 22.6 Å². The van der Waals surface area contributed by atoms with Crippen LogP contribution in [0.3, 0.4) is 0 Å². The predicted molar refractivity (Wildman–Crippen MR) is 164 cm³/mol. The van der Waals surface area contributed by atoms with Gasteiger partial charge in [0.05, 0.1) is 5.30 Å². The molecule has 0 heterocycles. The highest BCUT2D eigenvalue weighted by molar-refractivity contribution is 7.56. The summed E-state index contributed by atoms with van der Waals surface area (Å²) in [5.41, 5.74) is 5.76. The SMILES string of the molecule is CN(C)c1ccccc1-c1ccccc1OP(Oc1ccc(C(C)(C)C)cc1C(C)(C)C)c1ccccc1. The first-order valence-corrected chi connectivity index (χ1v) is 14.3. The first kappa shape index (κ1) is 27.7. The molecule has 0 radical (unpaired) electrons. The quantitative estimate of drug-likeness (QED) is 0.225. The van der Waals surface area contributed by atoms with Crippen molar-refractivity contribution in [1.29, 1.82) is 0 Å². The average molecular weight is 526 g/mol. The van der Waals surface area contributed by atoms with Crippen LogP contribution in [0.2, 0.25) is 0 Å². The number of hydrogen-bond acceptors (Lipinski definition) is 3. The van der Waals surface area contributed by atoms with Crippen molar-refractivity contribution in [2.45, 2.75) is 52.4 Å². The van der Waals surface area contributed by atoms with Crippen LogP contribution < -0.4 is 19.3 Å². The second kappa shape index (κ2) is 11.2. The van der Waals surface area contributed by atoms with E-state index in [1.54, 1.807) is 0 Å². The largest absolute Gasteiger partial charge is 0.435 e. The third-order valence-electron chi connectivity index (χ3n) is 6.55. The number of hydrogen-bond donors (Lipinski definition) is 0. The fourth-order valence-corrected chi connectivity index (χ4v) is 5.71. The summed E-state index contributed by atoms with van der Waals surface area (Å²) < 4.78 is 13.6. The number of benzene rings is 4. The van der Waals surface area contributed by atoms with E-state index in [-0.39, 0.29) is 10.8 Å². The molecule has 198 valence electrons. The van der Waals surface area contributed by atoms with Gasteiger partial charge in [0.2, 0.25) is 0 Å². The van der Waals surface area contributed by atoms with E-state index < -0.39 is 8.38 Å². The summed E-state index contributed by atoms with van der Waals surface area (Å²) in [6.45, 7) is 13.5. The predicted octanol–water partition coefficient (Wildman–Crippen LogP) is 9.11. The number of anilines is 1. The van der Waals surface area contributed by atoms with E-state index >= 15 is 0 Å². The molecule has 0 amide bonds. The Labute approximate surface area is 230 Å². The Balaban J connectivity index is 1.79. The molecule has 4 aromatic rings. The van der Waals surface area contributed by atoms with Crippen molar-refractivity contribution >= 4 is 19.4 Å².